The number of hydrogen-bond acceptors (Lipinski definition) is 4. The van der Waals surface area contributed by atoms with Crippen LogP contribution in [0, 0.1) is 0 Å². The van der Waals surface area contributed by atoms with E-state index in [1.807, 2.05) is 30.3 Å². The summed E-state index contributed by atoms with van der Waals surface area (Å²) in [6.07, 6.45) is 0. The van der Waals surface area contributed by atoms with Crippen LogP contribution in [0.2, 0.25) is 0 Å². The van der Waals surface area contributed by atoms with Gasteiger partial charge in [0.05, 0.1) is 33.6 Å². The Labute approximate surface area is 327 Å². The van der Waals surface area contributed by atoms with E-state index >= 15 is 0 Å². The molecule has 12 rings (SSSR count). The summed E-state index contributed by atoms with van der Waals surface area (Å²) in [6.45, 7) is 0. The fourth-order valence-electron chi connectivity index (χ4n) is 8.71. The van der Waals surface area contributed by atoms with E-state index in [1.54, 1.807) is 0 Å². The van der Waals surface area contributed by atoms with Crippen molar-refractivity contribution < 1.29 is 4.42 Å². The van der Waals surface area contributed by atoms with Crippen molar-refractivity contribution in [2.75, 3.05) is 0 Å². The topological polar surface area (TPSA) is 51.8 Å². The van der Waals surface area contributed by atoms with E-state index in [1.165, 1.54) is 10.9 Å². The summed E-state index contributed by atoms with van der Waals surface area (Å²) in [5.41, 5.74) is 12.9. The molecular weight excluding hydrogens is 695 g/mol. The number of nitrogens with zero attached hydrogens (tertiary/aromatic N) is 3. The molecule has 0 radical (unpaired) electrons. The van der Waals surface area contributed by atoms with Gasteiger partial charge in [-0.2, -0.15) is 0 Å². The molecule has 264 valence electrons. The number of para-hydroxylation sites is 2. The summed E-state index contributed by atoms with van der Waals surface area (Å²) in [6, 6.07) is 66.1. The maximum Gasteiger partial charge on any atom is 0.144 e. The molecule has 0 amide bonds. The maximum atomic E-state index is 6.55. The molecule has 12 aromatic rings. The highest BCUT2D eigenvalue weighted by Gasteiger charge is 2.18. The Bertz CT molecular complexity index is 3570. The van der Waals surface area contributed by atoms with Crippen LogP contribution >= 0.6 is 0 Å². The number of pyridine rings is 3. The predicted molar refractivity (Wildman–Crippen MR) is 236 cm³/mol. The van der Waals surface area contributed by atoms with E-state index in [2.05, 4.69) is 158 Å². The second-order valence-electron chi connectivity index (χ2n) is 14.7. The Morgan fingerprint density at radius 3 is 1.70 bits per heavy atom. The summed E-state index contributed by atoms with van der Waals surface area (Å²) in [5, 5.41) is 9.97. The van der Waals surface area contributed by atoms with Crippen LogP contribution in [-0.2, 0) is 0 Å². The monoisotopic (exact) mass is 725 g/mol. The molecule has 0 saturated carbocycles. The average Bonchev–Trinajstić information content (AvgIpc) is 3.67. The van der Waals surface area contributed by atoms with Gasteiger partial charge in [0.25, 0.3) is 0 Å². The molecular formula is C53H31N3O. The lowest BCUT2D eigenvalue weighted by molar-refractivity contribution is 0.673. The van der Waals surface area contributed by atoms with Gasteiger partial charge in [0.1, 0.15) is 11.2 Å². The van der Waals surface area contributed by atoms with Gasteiger partial charge < -0.3 is 4.42 Å². The first-order chi connectivity index (χ1) is 28.2. The molecule has 57 heavy (non-hydrogen) atoms. The number of furan rings is 1. The highest BCUT2D eigenvalue weighted by atomic mass is 16.3. The SMILES string of the molecule is c1ccc(-c2ccc3ccc4ccc(-c5ccc(-c6ccc(-c7nc8ccccc8c8c7ccc7c9ccccc9oc78)cc6)c6ccccc56)nc4c3n2)cc1. The van der Waals surface area contributed by atoms with Crippen molar-refractivity contribution >= 4 is 76.2 Å². The summed E-state index contributed by atoms with van der Waals surface area (Å²) in [7, 11) is 0. The van der Waals surface area contributed by atoms with Crippen molar-refractivity contribution in [3.8, 4) is 44.9 Å². The molecule has 8 aromatic carbocycles. The fourth-order valence-corrected chi connectivity index (χ4v) is 8.71. The van der Waals surface area contributed by atoms with E-state index in [0.29, 0.717) is 0 Å². The van der Waals surface area contributed by atoms with E-state index in [0.717, 1.165) is 110 Å². The zero-order valence-electron chi connectivity index (χ0n) is 30.6. The van der Waals surface area contributed by atoms with Crippen LogP contribution in [0.1, 0.15) is 0 Å². The van der Waals surface area contributed by atoms with E-state index < -0.39 is 0 Å². The predicted octanol–water partition coefficient (Wildman–Crippen LogP) is 14.2. The Morgan fingerprint density at radius 1 is 0.333 bits per heavy atom. The van der Waals surface area contributed by atoms with Gasteiger partial charge in [-0.15, -0.1) is 0 Å². The van der Waals surface area contributed by atoms with Gasteiger partial charge in [-0.25, -0.2) is 15.0 Å². The fraction of sp³-hybridized carbons (Fsp3) is 0. The van der Waals surface area contributed by atoms with Crippen molar-refractivity contribution in [1.82, 2.24) is 15.0 Å². The number of aromatic nitrogens is 3. The molecule has 0 unspecified atom stereocenters. The molecule has 0 bridgehead atoms. The second-order valence-corrected chi connectivity index (χ2v) is 14.7. The lowest BCUT2D eigenvalue weighted by atomic mass is 9.92. The van der Waals surface area contributed by atoms with E-state index in [9.17, 15) is 0 Å². The first-order valence-electron chi connectivity index (χ1n) is 19.3. The molecule has 4 aromatic heterocycles. The second kappa shape index (κ2) is 12.4. The van der Waals surface area contributed by atoms with Gasteiger partial charge >= 0.3 is 0 Å². The van der Waals surface area contributed by atoms with Crippen molar-refractivity contribution in [2.24, 2.45) is 0 Å². The molecule has 4 heteroatoms. The maximum absolute atomic E-state index is 6.55. The molecule has 0 spiro atoms. The lowest BCUT2D eigenvalue weighted by Gasteiger charge is -2.14. The van der Waals surface area contributed by atoms with Crippen LogP contribution in [0.25, 0.3) is 121 Å². The number of fused-ring (bicyclic) bond motifs is 11. The van der Waals surface area contributed by atoms with Gasteiger partial charge in [0, 0.05) is 54.4 Å². The Morgan fingerprint density at radius 2 is 0.912 bits per heavy atom. The van der Waals surface area contributed by atoms with Crippen LogP contribution in [0.4, 0.5) is 0 Å². The number of benzene rings is 8. The molecule has 0 aliphatic heterocycles. The summed E-state index contributed by atoms with van der Waals surface area (Å²) in [4.78, 5) is 15.7. The normalized spacial score (nSPS) is 11.9. The minimum absolute atomic E-state index is 0.893. The van der Waals surface area contributed by atoms with Crippen LogP contribution in [0.3, 0.4) is 0 Å². The standard InChI is InChI=1S/C53H31N3O/c1-2-10-33(11-3-1)45-30-24-35-22-23-36-25-31-47(56-52(36)51(35)54-45)40-27-26-37(38-12-4-5-13-39(38)40)32-18-20-34(21-19-32)50-44-29-28-42-41-14-7-9-17-48(41)57-53(42)49(44)43-15-6-8-16-46(43)55-50/h1-31H. The van der Waals surface area contributed by atoms with Crippen LogP contribution in [0.5, 0.6) is 0 Å². The Kier molecular flexibility index (Phi) is 6.89. The zero-order valence-corrected chi connectivity index (χ0v) is 30.6. The van der Waals surface area contributed by atoms with Gasteiger partial charge in [-0.05, 0) is 52.2 Å². The van der Waals surface area contributed by atoms with Crippen LogP contribution in [0.15, 0.2) is 192 Å². The lowest BCUT2D eigenvalue weighted by Crippen LogP contribution is -1.92. The van der Waals surface area contributed by atoms with E-state index in [-0.39, 0.29) is 0 Å². The quantitative estimate of drug-likeness (QED) is 0.170. The average molecular weight is 726 g/mol. The first kappa shape index (κ1) is 31.6. The molecule has 0 saturated heterocycles. The minimum atomic E-state index is 0.893. The molecule has 0 aliphatic carbocycles. The van der Waals surface area contributed by atoms with Gasteiger partial charge in [-0.3, -0.25) is 0 Å². The summed E-state index contributed by atoms with van der Waals surface area (Å²) < 4.78 is 6.55. The van der Waals surface area contributed by atoms with Crippen molar-refractivity contribution in [3.63, 3.8) is 0 Å². The molecule has 4 nitrogen and oxygen atoms in total. The number of hydrogen-bond donors (Lipinski definition) is 0. The third-order valence-electron chi connectivity index (χ3n) is 11.5. The van der Waals surface area contributed by atoms with Crippen molar-refractivity contribution in [2.45, 2.75) is 0 Å². The van der Waals surface area contributed by atoms with Crippen molar-refractivity contribution in [3.05, 3.63) is 188 Å². The highest BCUT2D eigenvalue weighted by Crippen LogP contribution is 2.42. The number of rotatable bonds is 4. The van der Waals surface area contributed by atoms with Crippen LogP contribution < -0.4 is 0 Å². The molecule has 0 atom stereocenters. The molecule has 0 fully saturated rings. The molecule has 0 N–H and O–H groups in total. The van der Waals surface area contributed by atoms with Gasteiger partial charge in [-0.1, -0.05) is 158 Å². The van der Waals surface area contributed by atoms with E-state index in [4.69, 9.17) is 19.4 Å². The Hall–Kier alpha value is -7.69. The largest absolute Gasteiger partial charge is 0.455 e. The minimum Gasteiger partial charge on any atom is -0.455 e. The van der Waals surface area contributed by atoms with Gasteiger partial charge in [0.2, 0.25) is 0 Å². The third kappa shape index (κ3) is 4.98. The van der Waals surface area contributed by atoms with Crippen molar-refractivity contribution in [1.29, 1.82) is 0 Å². The zero-order chi connectivity index (χ0) is 37.5. The third-order valence-corrected chi connectivity index (χ3v) is 11.5. The molecule has 4 heterocycles. The van der Waals surface area contributed by atoms with Gasteiger partial charge in [0.15, 0.2) is 0 Å². The Balaban J connectivity index is 0.970. The summed E-state index contributed by atoms with van der Waals surface area (Å²) in [5.74, 6) is 0. The highest BCUT2D eigenvalue weighted by molar-refractivity contribution is 6.24. The van der Waals surface area contributed by atoms with Crippen LogP contribution in [-0.4, -0.2) is 15.0 Å². The first-order valence-corrected chi connectivity index (χ1v) is 19.3. The summed E-state index contributed by atoms with van der Waals surface area (Å²) >= 11 is 0. The molecule has 0 aliphatic rings. The smallest absolute Gasteiger partial charge is 0.144 e.